The van der Waals surface area contributed by atoms with Crippen LogP contribution in [-0.4, -0.2) is 74.4 Å². The number of aliphatic hydroxyl groups excluding tert-OH is 1. The Morgan fingerprint density at radius 3 is 2.61 bits per heavy atom. The minimum atomic E-state index is -0.783. The fourth-order valence-corrected chi connectivity index (χ4v) is 5.67. The summed E-state index contributed by atoms with van der Waals surface area (Å²) in [6.45, 7) is 7.28. The van der Waals surface area contributed by atoms with Crippen LogP contribution in [0.15, 0.2) is 55.0 Å². The Kier molecular flexibility index (Phi) is 7.95. The molecule has 230 valence electrons. The Hall–Kier alpha value is -4.55. The molecule has 0 spiro atoms. The lowest BCUT2D eigenvalue weighted by atomic mass is 9.99. The molecule has 1 aromatic carbocycles. The van der Waals surface area contributed by atoms with Crippen molar-refractivity contribution in [1.29, 1.82) is 0 Å². The number of anilines is 3. The van der Waals surface area contributed by atoms with Crippen LogP contribution in [0, 0.1) is 5.82 Å². The number of nitrogens with zero attached hydrogens (tertiary/aromatic N) is 5. The molecule has 3 aromatic heterocycles. The Morgan fingerprint density at radius 1 is 1.11 bits per heavy atom. The minimum absolute atomic E-state index is 0.00665. The third-order valence-electron chi connectivity index (χ3n) is 7.72. The van der Waals surface area contributed by atoms with E-state index < -0.39 is 23.4 Å². The number of aliphatic hydroxyl groups is 1. The maximum Gasteiger partial charge on any atom is 0.417 e. The second-order valence-electron chi connectivity index (χ2n) is 11.9. The van der Waals surface area contributed by atoms with Gasteiger partial charge in [0.15, 0.2) is 0 Å². The van der Waals surface area contributed by atoms with Crippen LogP contribution in [0.4, 0.5) is 26.4 Å². The molecule has 12 heteroatoms. The molecule has 2 N–H and O–H groups in total. The number of carbonyl (C=O) groups excluding carboxylic acids is 2. The highest BCUT2D eigenvalue weighted by Crippen LogP contribution is 2.39. The van der Waals surface area contributed by atoms with Crippen LogP contribution < -0.4 is 10.2 Å². The number of pyridine rings is 2. The smallest absolute Gasteiger partial charge is 0.417 e. The first-order chi connectivity index (χ1) is 21.1. The Bertz CT molecular complexity index is 1690. The largest absolute Gasteiger partial charge is 0.443 e. The molecule has 4 aromatic rings. The summed E-state index contributed by atoms with van der Waals surface area (Å²) < 4.78 is 26.8. The monoisotopic (exact) mass is 602 g/mol. The van der Waals surface area contributed by atoms with E-state index in [0.29, 0.717) is 46.1 Å². The fraction of sp³-hybridized carbons (Fsp3) is 0.375. The molecule has 0 bridgehead atoms. The normalized spacial score (nSPS) is 15.6. The highest BCUT2D eigenvalue weighted by Gasteiger charge is 2.39. The van der Waals surface area contributed by atoms with Crippen LogP contribution in [0.2, 0.25) is 0 Å². The predicted octanol–water partition coefficient (Wildman–Crippen LogP) is 5.15. The molecule has 0 aliphatic carbocycles. The van der Waals surface area contributed by atoms with Gasteiger partial charge in [-0.05, 0) is 63.4 Å². The summed E-state index contributed by atoms with van der Waals surface area (Å²) in [4.78, 5) is 39.2. The van der Waals surface area contributed by atoms with Crippen LogP contribution in [-0.2, 0) is 16.0 Å². The van der Waals surface area contributed by atoms with Gasteiger partial charge in [-0.25, -0.2) is 24.1 Å². The first-order valence-corrected chi connectivity index (χ1v) is 14.7. The van der Waals surface area contributed by atoms with Gasteiger partial charge in [0.25, 0.3) is 5.91 Å². The summed E-state index contributed by atoms with van der Waals surface area (Å²) in [5.41, 5.74) is 3.44. The van der Waals surface area contributed by atoms with E-state index in [1.54, 1.807) is 49.8 Å². The summed E-state index contributed by atoms with van der Waals surface area (Å²) in [6.07, 6.45) is 6.16. The van der Waals surface area contributed by atoms with Crippen LogP contribution in [0.1, 0.15) is 49.5 Å². The number of amides is 2. The Morgan fingerprint density at radius 2 is 1.91 bits per heavy atom. The number of rotatable bonds is 7. The summed E-state index contributed by atoms with van der Waals surface area (Å²) in [5.74, 6) is -0.346. The Balaban J connectivity index is 1.29. The number of nitrogens with one attached hydrogen (secondary N) is 1. The van der Waals surface area contributed by atoms with Gasteiger partial charge in [-0.1, -0.05) is 6.07 Å². The quantitative estimate of drug-likeness (QED) is 0.296. The minimum Gasteiger partial charge on any atom is -0.443 e. The van der Waals surface area contributed by atoms with Gasteiger partial charge in [-0.2, -0.15) is 0 Å². The molecule has 0 atom stereocenters. The lowest BCUT2D eigenvalue weighted by Gasteiger charge is -2.33. The van der Waals surface area contributed by atoms with Crippen molar-refractivity contribution in [2.24, 2.45) is 0 Å². The second kappa shape index (κ2) is 11.9. The van der Waals surface area contributed by atoms with Gasteiger partial charge in [0.05, 0.1) is 60.9 Å². The van der Waals surface area contributed by atoms with E-state index in [1.807, 2.05) is 18.2 Å². The van der Waals surface area contributed by atoms with Crippen molar-refractivity contribution in [3.63, 3.8) is 0 Å². The fourth-order valence-electron chi connectivity index (χ4n) is 5.67. The van der Waals surface area contributed by atoms with E-state index in [4.69, 9.17) is 14.6 Å². The van der Waals surface area contributed by atoms with Crippen LogP contribution in [0.5, 0.6) is 0 Å². The third-order valence-corrected chi connectivity index (χ3v) is 7.72. The molecule has 0 saturated carbocycles. The number of hydrogen-bond acceptors (Lipinski definition) is 9. The standard InChI is InChI=1S/C32H35FN6O5/c1-32(2,3)44-31(42)39-19-24-23(26-18-35-28-16-20(33)8-13-38(26)28)5-6-25(29(24)30(39)41)36-27-7-4-21(17-34-27)37-11-9-22(10-12-37)43-15-14-40/h4-8,13,16-18,22,40H,9-12,14-15,19H2,1-3H3,(H,34,36). The number of benzene rings is 1. The molecule has 5 heterocycles. The predicted molar refractivity (Wildman–Crippen MR) is 162 cm³/mol. The molecule has 1 saturated heterocycles. The number of piperidine rings is 1. The zero-order chi connectivity index (χ0) is 31.0. The van der Waals surface area contributed by atoms with Gasteiger partial charge in [0.2, 0.25) is 0 Å². The number of imidazole rings is 1. The zero-order valence-corrected chi connectivity index (χ0v) is 24.9. The molecule has 2 amide bonds. The lowest BCUT2D eigenvalue weighted by Crippen LogP contribution is -2.37. The van der Waals surface area contributed by atoms with E-state index in [1.165, 1.54) is 12.1 Å². The van der Waals surface area contributed by atoms with Gasteiger partial charge in [0, 0.05) is 30.9 Å². The molecular formula is C32H35FN6O5. The van der Waals surface area contributed by atoms with Crippen LogP contribution >= 0.6 is 0 Å². The van der Waals surface area contributed by atoms with Crippen molar-refractivity contribution in [3.05, 3.63) is 71.9 Å². The summed E-state index contributed by atoms with van der Waals surface area (Å²) in [5, 5.41) is 12.3. The number of fused-ring (bicyclic) bond motifs is 2. The number of carbonyl (C=O) groups is 2. The van der Waals surface area contributed by atoms with Gasteiger partial charge in [0.1, 0.15) is 22.9 Å². The number of aromatic nitrogens is 3. The van der Waals surface area contributed by atoms with Crippen molar-refractivity contribution >= 4 is 34.8 Å². The first kappa shape index (κ1) is 29.5. The lowest BCUT2D eigenvalue weighted by molar-refractivity contribution is 0.0159. The number of ether oxygens (including phenoxy) is 2. The summed E-state index contributed by atoms with van der Waals surface area (Å²) >= 11 is 0. The van der Waals surface area contributed by atoms with E-state index in [0.717, 1.165) is 36.5 Å². The molecule has 0 radical (unpaired) electrons. The van der Waals surface area contributed by atoms with Crippen molar-refractivity contribution < 1.29 is 28.6 Å². The number of imide groups is 1. The van der Waals surface area contributed by atoms with Crippen LogP contribution in [0.25, 0.3) is 16.9 Å². The highest BCUT2D eigenvalue weighted by molar-refractivity contribution is 6.11. The average molecular weight is 603 g/mol. The van der Waals surface area contributed by atoms with Crippen molar-refractivity contribution in [2.75, 3.05) is 36.5 Å². The summed E-state index contributed by atoms with van der Waals surface area (Å²) in [7, 11) is 0. The molecule has 6 rings (SSSR count). The van der Waals surface area contributed by atoms with Crippen molar-refractivity contribution in [3.8, 4) is 11.3 Å². The number of hydrogen-bond donors (Lipinski definition) is 2. The maximum absolute atomic E-state index is 13.9. The molecule has 2 aliphatic heterocycles. The molecule has 44 heavy (non-hydrogen) atoms. The van der Waals surface area contributed by atoms with Gasteiger partial charge in [-0.15, -0.1) is 0 Å². The van der Waals surface area contributed by atoms with Crippen molar-refractivity contribution in [1.82, 2.24) is 19.3 Å². The summed E-state index contributed by atoms with van der Waals surface area (Å²) in [6, 6.07) is 10.1. The highest BCUT2D eigenvalue weighted by atomic mass is 19.1. The van der Waals surface area contributed by atoms with Gasteiger partial charge < -0.3 is 24.8 Å². The second-order valence-corrected chi connectivity index (χ2v) is 11.9. The molecule has 2 aliphatic rings. The zero-order valence-electron chi connectivity index (χ0n) is 24.9. The first-order valence-electron chi connectivity index (χ1n) is 14.7. The average Bonchev–Trinajstić information content (AvgIpc) is 3.57. The topological polar surface area (TPSA) is 122 Å². The molecular weight excluding hydrogens is 567 g/mol. The van der Waals surface area contributed by atoms with Gasteiger partial charge >= 0.3 is 6.09 Å². The molecule has 0 unspecified atom stereocenters. The third kappa shape index (κ3) is 5.95. The number of halogens is 1. The van der Waals surface area contributed by atoms with Crippen LogP contribution in [0.3, 0.4) is 0 Å². The van der Waals surface area contributed by atoms with E-state index in [9.17, 15) is 14.0 Å². The Labute approximate surface area is 254 Å². The molecule has 1 fully saturated rings. The van der Waals surface area contributed by atoms with Gasteiger partial charge in [-0.3, -0.25) is 9.20 Å². The maximum atomic E-state index is 13.9. The van der Waals surface area contributed by atoms with E-state index in [-0.39, 0.29) is 19.3 Å². The molecule has 11 nitrogen and oxygen atoms in total. The SMILES string of the molecule is CC(C)(C)OC(=O)N1Cc2c(-c3cnc4cc(F)ccn34)ccc(Nc3ccc(N4CCC(OCCO)CC4)cn3)c2C1=O. The van der Waals surface area contributed by atoms with E-state index >= 15 is 0 Å². The van der Waals surface area contributed by atoms with E-state index in [2.05, 4.69) is 20.2 Å². The van der Waals surface area contributed by atoms with Crippen molar-refractivity contribution in [2.45, 2.75) is 51.9 Å².